The molecule has 7 nitrogen and oxygen atoms in total. The SMILES string of the molecule is Cc1noc(C2CCN(C(=O)NC3CCCOc4c(F)cccc43)C2)n1. The van der Waals surface area contributed by atoms with Gasteiger partial charge in [0.25, 0.3) is 0 Å². The van der Waals surface area contributed by atoms with E-state index in [4.69, 9.17) is 9.26 Å². The fourth-order valence-corrected chi connectivity index (χ4v) is 3.58. The van der Waals surface area contributed by atoms with Crippen LogP contribution in [-0.4, -0.2) is 40.8 Å². The number of aryl methyl sites for hydroxylation is 1. The molecule has 2 aliphatic heterocycles. The highest BCUT2D eigenvalue weighted by atomic mass is 19.1. The maximum Gasteiger partial charge on any atom is 0.317 e. The summed E-state index contributed by atoms with van der Waals surface area (Å²) in [5, 5.41) is 6.85. The van der Waals surface area contributed by atoms with Crippen molar-refractivity contribution in [3.8, 4) is 5.75 Å². The molecule has 0 spiro atoms. The van der Waals surface area contributed by atoms with E-state index in [9.17, 15) is 9.18 Å². The third kappa shape index (κ3) is 3.23. The number of rotatable bonds is 2. The summed E-state index contributed by atoms with van der Waals surface area (Å²) in [6.45, 7) is 3.38. The van der Waals surface area contributed by atoms with Crippen LogP contribution >= 0.6 is 0 Å². The number of halogens is 1. The predicted molar refractivity (Wildman–Crippen MR) is 90.4 cm³/mol. The number of hydrogen-bond donors (Lipinski definition) is 1. The van der Waals surface area contributed by atoms with Gasteiger partial charge in [-0.3, -0.25) is 0 Å². The first-order valence-electron chi connectivity index (χ1n) is 8.88. The Labute approximate surface area is 150 Å². The van der Waals surface area contributed by atoms with E-state index < -0.39 is 5.82 Å². The van der Waals surface area contributed by atoms with Crippen molar-refractivity contribution in [3.63, 3.8) is 0 Å². The topological polar surface area (TPSA) is 80.5 Å². The van der Waals surface area contributed by atoms with Crippen LogP contribution in [0.5, 0.6) is 5.75 Å². The summed E-state index contributed by atoms with van der Waals surface area (Å²) in [7, 11) is 0. The van der Waals surface area contributed by atoms with Crippen molar-refractivity contribution in [1.82, 2.24) is 20.4 Å². The molecule has 4 rings (SSSR count). The zero-order valence-electron chi connectivity index (χ0n) is 14.6. The summed E-state index contributed by atoms with van der Waals surface area (Å²) in [5.74, 6) is 1.09. The van der Waals surface area contributed by atoms with Gasteiger partial charge in [-0.2, -0.15) is 4.98 Å². The number of amides is 2. The Morgan fingerprint density at radius 1 is 1.38 bits per heavy atom. The minimum atomic E-state index is -0.392. The largest absolute Gasteiger partial charge is 0.490 e. The van der Waals surface area contributed by atoms with Crippen molar-refractivity contribution in [2.75, 3.05) is 19.7 Å². The van der Waals surface area contributed by atoms with E-state index in [2.05, 4.69) is 15.5 Å². The van der Waals surface area contributed by atoms with Crippen molar-refractivity contribution in [2.24, 2.45) is 0 Å². The molecule has 2 amide bonds. The lowest BCUT2D eigenvalue weighted by atomic mass is 10.0. The average Bonchev–Trinajstić information content (AvgIpc) is 3.23. The van der Waals surface area contributed by atoms with Crippen LogP contribution in [0.25, 0.3) is 0 Å². The standard InChI is InChI=1S/C18H21FN4O3/c1-11-20-17(26-22-11)12-7-8-23(10-12)18(24)21-15-6-3-9-25-16-13(15)4-2-5-14(16)19/h2,4-5,12,15H,3,6-10H2,1H3,(H,21,24). The van der Waals surface area contributed by atoms with Crippen LogP contribution in [0.15, 0.2) is 22.7 Å². The van der Waals surface area contributed by atoms with Gasteiger partial charge in [0.05, 0.1) is 18.6 Å². The molecule has 8 heteroatoms. The van der Waals surface area contributed by atoms with Gasteiger partial charge in [-0.15, -0.1) is 0 Å². The number of ether oxygens (including phenoxy) is 1. The number of fused-ring (bicyclic) bond motifs is 1. The second-order valence-electron chi connectivity index (χ2n) is 6.76. The number of benzene rings is 1. The molecule has 1 saturated heterocycles. The molecule has 2 aromatic rings. The number of nitrogens with zero attached hydrogens (tertiary/aromatic N) is 3. The third-order valence-electron chi connectivity index (χ3n) is 4.92. The van der Waals surface area contributed by atoms with Gasteiger partial charge >= 0.3 is 6.03 Å². The summed E-state index contributed by atoms with van der Waals surface area (Å²) in [5.41, 5.74) is 0.694. The van der Waals surface area contributed by atoms with Gasteiger partial charge in [0, 0.05) is 18.7 Å². The second kappa shape index (κ2) is 6.93. The number of aromatic nitrogens is 2. The molecule has 2 atom stereocenters. The normalized spacial score (nSPS) is 22.5. The van der Waals surface area contributed by atoms with Crippen LogP contribution in [0, 0.1) is 12.7 Å². The van der Waals surface area contributed by atoms with Crippen LogP contribution in [0.2, 0.25) is 0 Å². The van der Waals surface area contributed by atoms with Crippen LogP contribution in [0.3, 0.4) is 0 Å². The molecule has 2 unspecified atom stereocenters. The molecule has 1 aromatic heterocycles. The quantitative estimate of drug-likeness (QED) is 0.891. The van der Waals surface area contributed by atoms with Gasteiger partial charge in [0.1, 0.15) is 0 Å². The molecular weight excluding hydrogens is 339 g/mol. The van der Waals surface area contributed by atoms with Crippen molar-refractivity contribution in [2.45, 2.75) is 38.1 Å². The van der Waals surface area contributed by atoms with E-state index in [1.807, 2.05) is 6.07 Å². The van der Waals surface area contributed by atoms with Gasteiger partial charge in [-0.1, -0.05) is 17.3 Å². The molecule has 0 saturated carbocycles. The smallest absolute Gasteiger partial charge is 0.317 e. The lowest BCUT2D eigenvalue weighted by molar-refractivity contribution is 0.202. The second-order valence-corrected chi connectivity index (χ2v) is 6.76. The van der Waals surface area contributed by atoms with Crippen molar-refractivity contribution in [3.05, 3.63) is 41.3 Å². The van der Waals surface area contributed by atoms with Crippen molar-refractivity contribution >= 4 is 6.03 Å². The molecule has 1 N–H and O–H groups in total. The number of para-hydroxylation sites is 1. The van der Waals surface area contributed by atoms with Gasteiger partial charge in [0.2, 0.25) is 5.89 Å². The third-order valence-corrected chi connectivity index (χ3v) is 4.92. The van der Waals surface area contributed by atoms with Crippen LogP contribution in [-0.2, 0) is 0 Å². The molecule has 26 heavy (non-hydrogen) atoms. The zero-order valence-corrected chi connectivity index (χ0v) is 14.6. The Kier molecular flexibility index (Phi) is 4.48. The fourth-order valence-electron chi connectivity index (χ4n) is 3.58. The molecule has 1 fully saturated rings. The summed E-state index contributed by atoms with van der Waals surface area (Å²) in [4.78, 5) is 18.7. The van der Waals surface area contributed by atoms with Crippen molar-refractivity contribution in [1.29, 1.82) is 0 Å². The first kappa shape index (κ1) is 16.8. The van der Waals surface area contributed by atoms with E-state index >= 15 is 0 Å². The Morgan fingerprint density at radius 3 is 3.08 bits per heavy atom. The van der Waals surface area contributed by atoms with E-state index in [-0.39, 0.29) is 23.7 Å². The fraction of sp³-hybridized carbons (Fsp3) is 0.500. The van der Waals surface area contributed by atoms with Crippen LogP contribution < -0.4 is 10.1 Å². The summed E-state index contributed by atoms with van der Waals surface area (Å²) >= 11 is 0. The molecule has 0 bridgehead atoms. The van der Waals surface area contributed by atoms with E-state index in [0.29, 0.717) is 43.4 Å². The number of urea groups is 1. The van der Waals surface area contributed by atoms with Crippen LogP contribution in [0.4, 0.5) is 9.18 Å². The summed E-state index contributed by atoms with van der Waals surface area (Å²) in [6.07, 6.45) is 2.25. The minimum Gasteiger partial charge on any atom is -0.490 e. The van der Waals surface area contributed by atoms with E-state index in [1.165, 1.54) is 6.07 Å². The van der Waals surface area contributed by atoms with E-state index in [1.54, 1.807) is 17.9 Å². The minimum absolute atomic E-state index is 0.0594. The first-order valence-corrected chi connectivity index (χ1v) is 8.88. The van der Waals surface area contributed by atoms with Crippen LogP contribution in [0.1, 0.15) is 48.5 Å². The summed E-state index contributed by atoms with van der Waals surface area (Å²) < 4.78 is 24.8. The van der Waals surface area contributed by atoms with Gasteiger partial charge in [-0.25, -0.2) is 9.18 Å². The summed E-state index contributed by atoms with van der Waals surface area (Å²) in [6, 6.07) is 4.40. The molecule has 0 radical (unpaired) electrons. The highest BCUT2D eigenvalue weighted by Gasteiger charge is 2.32. The van der Waals surface area contributed by atoms with E-state index in [0.717, 1.165) is 12.8 Å². The Morgan fingerprint density at radius 2 is 2.27 bits per heavy atom. The Bertz CT molecular complexity index is 809. The average molecular weight is 360 g/mol. The zero-order chi connectivity index (χ0) is 18.1. The highest BCUT2D eigenvalue weighted by molar-refractivity contribution is 5.75. The molecule has 1 aromatic carbocycles. The monoisotopic (exact) mass is 360 g/mol. The lowest BCUT2D eigenvalue weighted by Crippen LogP contribution is -2.40. The molecule has 2 aliphatic rings. The maximum atomic E-state index is 14.0. The predicted octanol–water partition coefficient (Wildman–Crippen LogP) is 2.93. The molecule has 3 heterocycles. The number of carbonyl (C=O) groups excluding carboxylic acids is 1. The molecule has 0 aliphatic carbocycles. The highest BCUT2D eigenvalue weighted by Crippen LogP contribution is 2.34. The number of nitrogens with one attached hydrogen (secondary N) is 1. The molecular formula is C18H21FN4O3. The maximum absolute atomic E-state index is 14.0. The van der Waals surface area contributed by atoms with Gasteiger partial charge in [-0.05, 0) is 32.3 Å². The Hall–Kier alpha value is -2.64. The van der Waals surface area contributed by atoms with Gasteiger partial charge in [0.15, 0.2) is 17.4 Å². The number of hydrogen-bond acceptors (Lipinski definition) is 5. The van der Waals surface area contributed by atoms with Crippen molar-refractivity contribution < 1.29 is 18.4 Å². The number of likely N-dealkylation sites (tertiary alicyclic amines) is 1. The van der Waals surface area contributed by atoms with Gasteiger partial charge < -0.3 is 19.5 Å². The first-order chi connectivity index (χ1) is 12.6. The molecule has 138 valence electrons. The number of carbonyl (C=O) groups is 1. The Balaban J connectivity index is 1.45. The lowest BCUT2D eigenvalue weighted by Gasteiger charge is -2.23.